The molecule has 0 amide bonds. The fraction of sp³-hybridized carbons (Fsp3) is 0.222. The van der Waals surface area contributed by atoms with Crippen molar-refractivity contribution in [3.63, 3.8) is 0 Å². The van der Waals surface area contributed by atoms with E-state index in [2.05, 4.69) is 20.0 Å². The van der Waals surface area contributed by atoms with Gasteiger partial charge in [-0.1, -0.05) is 0 Å². The number of aromatic nitrogens is 2. The third-order valence-corrected chi connectivity index (χ3v) is 5.14. The Morgan fingerprint density at radius 3 is 2.35 bits per heavy atom. The molecule has 4 aromatic rings. The summed E-state index contributed by atoms with van der Waals surface area (Å²) in [5, 5.41) is 12.1. The molecule has 0 spiro atoms. The number of carbonyl (C=O) groups is 1. The molecule has 40 heavy (non-hydrogen) atoms. The molecule has 0 unspecified atom stereocenters. The SMILES string of the molecule is CNc1cc(F)c(Oc2ccnc3cc(OC)c(OCCO)cc23)c(F)c1.O=Cc1cnccc1OCC(F)F. The van der Waals surface area contributed by atoms with Crippen LogP contribution in [0.2, 0.25) is 0 Å². The number of anilines is 1. The monoisotopic (exact) mass is 563 g/mol. The topological polar surface area (TPSA) is 112 Å². The van der Waals surface area contributed by atoms with Crippen LogP contribution in [0.3, 0.4) is 0 Å². The average molecular weight is 564 g/mol. The Morgan fingerprint density at radius 1 is 1.00 bits per heavy atom. The van der Waals surface area contributed by atoms with Crippen molar-refractivity contribution in [1.29, 1.82) is 0 Å². The summed E-state index contributed by atoms with van der Waals surface area (Å²) in [5.74, 6) is -1.10. The highest BCUT2D eigenvalue weighted by atomic mass is 19.3. The molecule has 0 saturated heterocycles. The van der Waals surface area contributed by atoms with Crippen LogP contribution < -0.4 is 24.3 Å². The summed E-state index contributed by atoms with van der Waals surface area (Å²) in [6.45, 7) is -0.830. The van der Waals surface area contributed by atoms with Gasteiger partial charge in [0.1, 0.15) is 24.7 Å². The van der Waals surface area contributed by atoms with Gasteiger partial charge in [-0.2, -0.15) is 0 Å². The number of ether oxygens (including phenoxy) is 4. The number of rotatable bonds is 11. The maximum absolute atomic E-state index is 14.3. The van der Waals surface area contributed by atoms with E-state index < -0.39 is 30.4 Å². The number of methoxy groups -OCH3 is 1. The predicted molar refractivity (Wildman–Crippen MR) is 138 cm³/mol. The van der Waals surface area contributed by atoms with Crippen molar-refractivity contribution in [3.8, 4) is 28.7 Å². The fourth-order valence-corrected chi connectivity index (χ4v) is 3.32. The quantitative estimate of drug-likeness (QED) is 0.186. The molecule has 2 aromatic heterocycles. The maximum Gasteiger partial charge on any atom is 0.272 e. The molecule has 212 valence electrons. The van der Waals surface area contributed by atoms with Gasteiger partial charge in [-0.15, -0.1) is 0 Å². The number of hydrogen-bond donors (Lipinski definition) is 2. The van der Waals surface area contributed by atoms with Crippen LogP contribution in [0.5, 0.6) is 28.7 Å². The molecule has 0 radical (unpaired) electrons. The van der Waals surface area contributed by atoms with Crippen LogP contribution in [0, 0.1) is 11.6 Å². The van der Waals surface area contributed by atoms with E-state index in [-0.39, 0.29) is 30.3 Å². The smallest absolute Gasteiger partial charge is 0.272 e. The van der Waals surface area contributed by atoms with Gasteiger partial charge in [-0.05, 0) is 18.2 Å². The molecular formula is C27H25F4N3O6. The molecule has 2 aromatic carbocycles. The number of benzene rings is 2. The van der Waals surface area contributed by atoms with E-state index in [0.29, 0.717) is 34.4 Å². The number of nitrogens with zero attached hydrogens (tertiary/aromatic N) is 2. The lowest BCUT2D eigenvalue weighted by molar-refractivity contribution is 0.0809. The van der Waals surface area contributed by atoms with Gasteiger partial charge in [0.15, 0.2) is 35.2 Å². The third-order valence-electron chi connectivity index (χ3n) is 5.14. The van der Waals surface area contributed by atoms with E-state index in [0.717, 1.165) is 12.1 Å². The fourth-order valence-electron chi connectivity index (χ4n) is 3.32. The Bertz CT molecular complexity index is 1420. The van der Waals surface area contributed by atoms with Crippen LogP contribution in [0.4, 0.5) is 23.2 Å². The zero-order valence-corrected chi connectivity index (χ0v) is 21.4. The highest BCUT2D eigenvalue weighted by molar-refractivity contribution is 5.88. The molecule has 0 atom stereocenters. The lowest BCUT2D eigenvalue weighted by Gasteiger charge is -2.14. The summed E-state index contributed by atoms with van der Waals surface area (Å²) in [5.41, 5.74) is 0.956. The van der Waals surface area contributed by atoms with Crippen molar-refractivity contribution >= 4 is 22.9 Å². The molecule has 0 aliphatic rings. The van der Waals surface area contributed by atoms with E-state index >= 15 is 0 Å². The number of carbonyl (C=O) groups excluding carboxylic acids is 1. The molecule has 0 saturated carbocycles. The summed E-state index contributed by atoms with van der Waals surface area (Å²) in [7, 11) is 3.04. The lowest BCUT2D eigenvalue weighted by Crippen LogP contribution is -2.08. The van der Waals surface area contributed by atoms with Gasteiger partial charge in [0.2, 0.25) is 0 Å². The maximum atomic E-state index is 14.3. The summed E-state index contributed by atoms with van der Waals surface area (Å²) in [6.07, 6.45) is 2.05. The molecular weight excluding hydrogens is 538 g/mol. The highest BCUT2D eigenvalue weighted by Crippen LogP contribution is 2.38. The number of aliphatic hydroxyl groups is 1. The summed E-state index contributed by atoms with van der Waals surface area (Å²) in [6, 6.07) is 8.35. The first-order valence-corrected chi connectivity index (χ1v) is 11.7. The minimum atomic E-state index is -2.55. The van der Waals surface area contributed by atoms with Crippen molar-refractivity contribution in [2.45, 2.75) is 6.43 Å². The van der Waals surface area contributed by atoms with Gasteiger partial charge in [0.05, 0.1) is 24.8 Å². The number of aliphatic hydroxyl groups excluding tert-OH is 1. The Balaban J connectivity index is 0.000000285. The second-order valence-corrected chi connectivity index (χ2v) is 7.76. The van der Waals surface area contributed by atoms with Gasteiger partial charge in [-0.3, -0.25) is 14.8 Å². The van der Waals surface area contributed by atoms with E-state index in [1.807, 2.05) is 0 Å². The minimum Gasteiger partial charge on any atom is -0.493 e. The van der Waals surface area contributed by atoms with E-state index in [1.54, 1.807) is 19.2 Å². The molecule has 0 fully saturated rings. The highest BCUT2D eigenvalue weighted by Gasteiger charge is 2.17. The van der Waals surface area contributed by atoms with Crippen molar-refractivity contribution in [3.05, 3.63) is 72.2 Å². The standard InChI is InChI=1S/C19H18F2N2O4.C8H7F2NO2/c1-22-11-7-13(20)19(14(21)8-11)27-16-3-4-23-15-10-17(25-2)18(9-12(15)16)26-6-5-24;9-8(10)5-13-7-1-2-11-3-6(7)4-12/h3-4,7-10,22,24H,5-6H2,1-2H3;1-4,8H,5H2. The Morgan fingerprint density at radius 2 is 1.73 bits per heavy atom. The zero-order valence-electron chi connectivity index (χ0n) is 21.4. The molecule has 4 rings (SSSR count). The molecule has 13 heteroatoms. The van der Waals surface area contributed by atoms with Crippen molar-refractivity contribution in [2.75, 3.05) is 39.3 Å². The minimum absolute atomic E-state index is 0.0626. The summed E-state index contributed by atoms with van der Waals surface area (Å²) >= 11 is 0. The molecule has 0 aliphatic carbocycles. The number of aldehydes is 1. The Labute approximate surface area is 226 Å². The van der Waals surface area contributed by atoms with Crippen molar-refractivity contribution in [2.24, 2.45) is 0 Å². The molecule has 2 heterocycles. The predicted octanol–water partition coefficient (Wildman–Crippen LogP) is 5.26. The number of nitrogens with one attached hydrogen (secondary N) is 1. The zero-order chi connectivity index (χ0) is 29.1. The number of pyridine rings is 2. The molecule has 9 nitrogen and oxygen atoms in total. The first-order chi connectivity index (χ1) is 19.3. The van der Waals surface area contributed by atoms with Crippen LogP contribution >= 0.6 is 0 Å². The van der Waals surface area contributed by atoms with E-state index in [9.17, 15) is 22.4 Å². The van der Waals surface area contributed by atoms with Gasteiger partial charge >= 0.3 is 0 Å². The van der Waals surface area contributed by atoms with Crippen LogP contribution in [-0.4, -0.2) is 61.8 Å². The third kappa shape index (κ3) is 7.69. The largest absolute Gasteiger partial charge is 0.493 e. The molecule has 0 aliphatic heterocycles. The first-order valence-electron chi connectivity index (χ1n) is 11.7. The van der Waals surface area contributed by atoms with Crippen molar-refractivity contribution in [1.82, 2.24) is 9.97 Å². The summed E-state index contributed by atoms with van der Waals surface area (Å²) in [4.78, 5) is 18.2. The van der Waals surface area contributed by atoms with E-state index in [4.69, 9.17) is 19.3 Å². The van der Waals surface area contributed by atoms with Crippen LogP contribution in [0.25, 0.3) is 10.9 Å². The second kappa shape index (κ2) is 14.5. The normalized spacial score (nSPS) is 10.5. The van der Waals surface area contributed by atoms with Gasteiger partial charge in [-0.25, -0.2) is 17.6 Å². The van der Waals surface area contributed by atoms with Crippen LogP contribution in [-0.2, 0) is 0 Å². The summed E-state index contributed by atoms with van der Waals surface area (Å²) < 4.78 is 72.9. The average Bonchev–Trinajstić information content (AvgIpc) is 2.96. The Kier molecular flexibility index (Phi) is 10.8. The van der Waals surface area contributed by atoms with Crippen LogP contribution in [0.15, 0.2) is 55.0 Å². The molecule has 2 N–H and O–H groups in total. The number of halogens is 4. The molecule has 0 bridgehead atoms. The van der Waals surface area contributed by atoms with Gasteiger partial charge in [0, 0.05) is 54.9 Å². The number of alkyl halides is 2. The lowest BCUT2D eigenvalue weighted by atomic mass is 10.1. The van der Waals surface area contributed by atoms with Crippen molar-refractivity contribution < 1.29 is 46.4 Å². The Hall–Kier alpha value is -4.65. The number of hydrogen-bond acceptors (Lipinski definition) is 9. The second-order valence-electron chi connectivity index (χ2n) is 7.76. The van der Waals surface area contributed by atoms with Gasteiger partial charge < -0.3 is 29.4 Å². The van der Waals surface area contributed by atoms with E-state index in [1.165, 1.54) is 37.8 Å². The van der Waals surface area contributed by atoms with Crippen LogP contribution in [0.1, 0.15) is 10.4 Å². The first kappa shape index (κ1) is 29.9. The number of fused-ring (bicyclic) bond motifs is 1. The van der Waals surface area contributed by atoms with Gasteiger partial charge in [0.25, 0.3) is 6.43 Å².